The van der Waals surface area contributed by atoms with Crippen LogP contribution in [0.4, 0.5) is 5.69 Å². The lowest BCUT2D eigenvalue weighted by Gasteiger charge is -2.07. The highest BCUT2D eigenvalue weighted by Gasteiger charge is 2.07. The van der Waals surface area contributed by atoms with Gasteiger partial charge in [-0.3, -0.25) is 4.79 Å². The van der Waals surface area contributed by atoms with Gasteiger partial charge in [-0.1, -0.05) is 23.6 Å². The first-order valence-corrected chi connectivity index (χ1v) is 4.62. The highest BCUT2D eigenvalue weighted by Crippen LogP contribution is 2.14. The van der Waals surface area contributed by atoms with Gasteiger partial charge in [-0.15, -0.1) is 13.0 Å². The zero-order valence-electron chi connectivity index (χ0n) is 8.03. The molecule has 0 spiro atoms. The van der Waals surface area contributed by atoms with Crippen LogP contribution in [-0.4, -0.2) is 16.3 Å². The minimum atomic E-state index is -0.331. The first-order chi connectivity index (χ1) is 7.20. The molecule has 4 nitrogen and oxygen atoms in total. The monoisotopic (exact) mass is 223 g/mol. The van der Waals surface area contributed by atoms with Crippen LogP contribution in [-0.2, 0) is 6.54 Å². The van der Waals surface area contributed by atoms with Gasteiger partial charge in [0.2, 0.25) is 0 Å². The average molecular weight is 224 g/mol. The lowest BCUT2D eigenvalue weighted by molar-refractivity contribution is 0.664. The number of nitrogens with one attached hydrogen (secondary N) is 1. The van der Waals surface area contributed by atoms with Gasteiger partial charge < -0.3 is 5.32 Å². The average Bonchev–Trinajstić information content (AvgIpc) is 2.22. The number of nitrogens with zero attached hydrogens (tertiary/aromatic N) is 2. The standard InChI is InChI=1S/C10H10ClN3O/c1-3-5-12-9-8(11)7-13-14(6-4-2)10(9)15/h2-3,7,12H,1,5-6H2. The van der Waals surface area contributed by atoms with E-state index in [0.29, 0.717) is 12.2 Å². The topological polar surface area (TPSA) is 46.9 Å². The summed E-state index contributed by atoms with van der Waals surface area (Å²) in [5.41, 5.74) is -0.0379. The second-order valence-electron chi connectivity index (χ2n) is 2.70. The predicted octanol–water partition coefficient (Wildman–Crippen LogP) is 1.13. The molecule has 1 aromatic heterocycles. The first-order valence-electron chi connectivity index (χ1n) is 4.24. The molecular weight excluding hydrogens is 214 g/mol. The Hall–Kier alpha value is -1.73. The summed E-state index contributed by atoms with van der Waals surface area (Å²) in [6.07, 6.45) is 8.11. The van der Waals surface area contributed by atoms with Crippen molar-refractivity contribution in [1.82, 2.24) is 9.78 Å². The van der Waals surface area contributed by atoms with Crippen LogP contribution < -0.4 is 10.9 Å². The van der Waals surface area contributed by atoms with Crippen molar-refractivity contribution in [3.63, 3.8) is 0 Å². The molecule has 0 saturated heterocycles. The van der Waals surface area contributed by atoms with Crippen LogP contribution in [0.25, 0.3) is 0 Å². The summed E-state index contributed by atoms with van der Waals surface area (Å²) < 4.78 is 1.16. The van der Waals surface area contributed by atoms with Crippen molar-refractivity contribution < 1.29 is 0 Å². The molecular formula is C10H10ClN3O. The molecule has 5 heteroatoms. The van der Waals surface area contributed by atoms with Gasteiger partial charge in [-0.25, -0.2) is 4.68 Å². The van der Waals surface area contributed by atoms with E-state index in [-0.39, 0.29) is 17.1 Å². The number of hydrogen-bond acceptors (Lipinski definition) is 3. The van der Waals surface area contributed by atoms with E-state index in [1.165, 1.54) is 6.20 Å². The molecule has 0 atom stereocenters. The molecule has 0 aliphatic heterocycles. The Labute approximate surface area is 92.6 Å². The van der Waals surface area contributed by atoms with Crippen molar-refractivity contribution in [2.24, 2.45) is 0 Å². The summed E-state index contributed by atoms with van der Waals surface area (Å²) in [5.74, 6) is 2.34. The summed E-state index contributed by atoms with van der Waals surface area (Å²) in [5, 5.41) is 6.91. The Balaban J connectivity index is 3.13. The summed E-state index contributed by atoms with van der Waals surface area (Å²) in [6.45, 7) is 4.11. The normalized spacial score (nSPS) is 9.33. The Kier molecular flexibility index (Phi) is 3.95. The molecule has 0 bridgehead atoms. The lowest BCUT2D eigenvalue weighted by Crippen LogP contribution is -2.25. The van der Waals surface area contributed by atoms with Gasteiger partial charge in [0, 0.05) is 6.54 Å². The lowest BCUT2D eigenvalue weighted by atomic mass is 10.4. The molecule has 1 rings (SSSR count). The fourth-order valence-electron chi connectivity index (χ4n) is 1.00. The van der Waals surface area contributed by atoms with Gasteiger partial charge in [0.05, 0.1) is 11.2 Å². The van der Waals surface area contributed by atoms with Crippen molar-refractivity contribution in [1.29, 1.82) is 0 Å². The van der Waals surface area contributed by atoms with E-state index in [1.807, 2.05) is 0 Å². The van der Waals surface area contributed by atoms with Crippen molar-refractivity contribution >= 4 is 17.3 Å². The number of hydrogen-bond donors (Lipinski definition) is 1. The Morgan fingerprint density at radius 1 is 1.80 bits per heavy atom. The van der Waals surface area contributed by atoms with Crippen molar-refractivity contribution in [2.75, 3.05) is 11.9 Å². The molecule has 0 saturated carbocycles. The van der Waals surface area contributed by atoms with Gasteiger partial charge >= 0.3 is 0 Å². The highest BCUT2D eigenvalue weighted by molar-refractivity contribution is 6.32. The van der Waals surface area contributed by atoms with Crippen LogP contribution in [0.5, 0.6) is 0 Å². The molecule has 0 aliphatic rings. The maximum Gasteiger partial charge on any atom is 0.292 e. The van der Waals surface area contributed by atoms with Crippen LogP contribution in [0, 0.1) is 12.3 Å². The quantitative estimate of drug-likeness (QED) is 0.615. The van der Waals surface area contributed by atoms with Gasteiger partial charge in [-0.05, 0) is 0 Å². The van der Waals surface area contributed by atoms with Crippen molar-refractivity contribution in [3.8, 4) is 12.3 Å². The van der Waals surface area contributed by atoms with Crippen molar-refractivity contribution in [2.45, 2.75) is 6.54 Å². The number of anilines is 1. The Morgan fingerprint density at radius 3 is 3.13 bits per heavy atom. The summed E-state index contributed by atoms with van der Waals surface area (Å²) in [7, 11) is 0. The number of aromatic nitrogens is 2. The van der Waals surface area contributed by atoms with E-state index in [9.17, 15) is 4.79 Å². The molecule has 15 heavy (non-hydrogen) atoms. The van der Waals surface area contributed by atoms with Crippen LogP contribution in [0.3, 0.4) is 0 Å². The summed E-state index contributed by atoms with van der Waals surface area (Å²) >= 11 is 5.81. The molecule has 78 valence electrons. The first kappa shape index (κ1) is 11.3. The molecule has 0 aliphatic carbocycles. The zero-order valence-corrected chi connectivity index (χ0v) is 8.79. The summed E-state index contributed by atoms with van der Waals surface area (Å²) in [4.78, 5) is 11.7. The predicted molar refractivity (Wildman–Crippen MR) is 61.0 cm³/mol. The van der Waals surface area contributed by atoms with E-state index in [0.717, 1.165) is 4.68 Å². The third-order valence-corrected chi connectivity index (χ3v) is 1.95. The second-order valence-corrected chi connectivity index (χ2v) is 3.11. The van der Waals surface area contributed by atoms with Gasteiger partial charge in [0.25, 0.3) is 5.56 Å². The van der Waals surface area contributed by atoms with E-state index in [4.69, 9.17) is 18.0 Å². The van der Waals surface area contributed by atoms with Crippen LogP contribution in [0.2, 0.25) is 5.02 Å². The van der Waals surface area contributed by atoms with Crippen molar-refractivity contribution in [3.05, 3.63) is 34.2 Å². The van der Waals surface area contributed by atoms with E-state index >= 15 is 0 Å². The molecule has 0 unspecified atom stereocenters. The Morgan fingerprint density at radius 2 is 2.53 bits per heavy atom. The minimum Gasteiger partial charge on any atom is -0.376 e. The molecule has 0 fully saturated rings. The van der Waals surface area contributed by atoms with E-state index < -0.39 is 0 Å². The van der Waals surface area contributed by atoms with Gasteiger partial charge in [0.1, 0.15) is 12.2 Å². The third kappa shape index (κ3) is 2.61. The zero-order chi connectivity index (χ0) is 11.3. The highest BCUT2D eigenvalue weighted by atomic mass is 35.5. The fourth-order valence-corrected chi connectivity index (χ4v) is 1.19. The molecule has 0 aromatic carbocycles. The number of terminal acetylenes is 1. The Bertz CT molecular complexity index is 459. The second kappa shape index (κ2) is 5.23. The molecule has 0 radical (unpaired) electrons. The van der Waals surface area contributed by atoms with E-state index in [2.05, 4.69) is 22.9 Å². The molecule has 0 amide bonds. The minimum absolute atomic E-state index is 0.124. The fraction of sp³-hybridized carbons (Fsp3) is 0.200. The molecule has 1 aromatic rings. The SMILES string of the molecule is C#CCn1ncc(Cl)c(NCC=C)c1=O. The van der Waals surface area contributed by atoms with E-state index in [1.54, 1.807) is 6.08 Å². The molecule has 1 N–H and O–H groups in total. The maximum absolute atomic E-state index is 11.7. The number of halogens is 1. The van der Waals surface area contributed by atoms with Gasteiger partial charge in [0.15, 0.2) is 0 Å². The summed E-state index contributed by atoms with van der Waals surface area (Å²) in [6, 6.07) is 0. The smallest absolute Gasteiger partial charge is 0.292 e. The van der Waals surface area contributed by atoms with Crippen LogP contribution >= 0.6 is 11.6 Å². The largest absolute Gasteiger partial charge is 0.376 e. The third-order valence-electron chi connectivity index (χ3n) is 1.66. The number of rotatable bonds is 4. The van der Waals surface area contributed by atoms with Crippen LogP contribution in [0.1, 0.15) is 0 Å². The van der Waals surface area contributed by atoms with Gasteiger partial charge in [-0.2, -0.15) is 5.10 Å². The van der Waals surface area contributed by atoms with Crippen LogP contribution in [0.15, 0.2) is 23.6 Å². The maximum atomic E-state index is 11.7. The molecule has 1 heterocycles.